The molecule has 158 valence electrons. The number of Topliss-reactive ketones (excluding diaryl/α,β-unsaturated/α-hetero) is 1. The molecule has 0 radical (unpaired) electrons. The zero-order chi connectivity index (χ0) is 20.3. The average molecular weight is 508 g/mol. The topological polar surface area (TPSA) is 186 Å². The van der Waals surface area contributed by atoms with Crippen molar-refractivity contribution in [3.63, 3.8) is 0 Å². The van der Waals surface area contributed by atoms with E-state index in [2.05, 4.69) is 0 Å². The fraction of sp³-hybridized carbons (Fsp3) is 0.933. The summed E-state index contributed by atoms with van der Waals surface area (Å²) in [6.07, 6.45) is -14.6. The largest absolute Gasteiger partial charge is 0.394 e. The smallest absolute Gasteiger partial charge is 0.187 e. The van der Waals surface area contributed by atoms with Crippen LogP contribution in [-0.2, 0) is 19.0 Å². The first-order valence-electron chi connectivity index (χ1n) is 8.41. The third-order valence-electron chi connectivity index (χ3n) is 4.68. The first-order valence-corrected chi connectivity index (χ1v) is 9.93. The number of aliphatic hydroxyl groups is 7. The van der Waals surface area contributed by atoms with Crippen molar-refractivity contribution < 1.29 is 54.8 Å². The molecule has 2 fully saturated rings. The van der Waals surface area contributed by atoms with Crippen LogP contribution in [-0.4, -0.2) is 120 Å². The van der Waals surface area contributed by atoms with Crippen LogP contribution in [0.1, 0.15) is 6.42 Å². The van der Waals surface area contributed by atoms with Crippen LogP contribution in [0.15, 0.2) is 0 Å². The van der Waals surface area contributed by atoms with Gasteiger partial charge in [0.2, 0.25) is 0 Å². The van der Waals surface area contributed by atoms with E-state index in [1.165, 1.54) is 0 Å². The van der Waals surface area contributed by atoms with Gasteiger partial charge in [-0.25, -0.2) is 0 Å². The summed E-state index contributed by atoms with van der Waals surface area (Å²) in [5, 5.41) is 69.0. The summed E-state index contributed by atoms with van der Waals surface area (Å²) in [7, 11) is 0. The van der Waals surface area contributed by atoms with Crippen LogP contribution in [0, 0.1) is 0 Å². The third kappa shape index (κ3) is 5.14. The molecule has 0 aromatic heterocycles. The van der Waals surface area contributed by atoms with E-state index in [1.54, 1.807) is 0 Å². The molecule has 0 aliphatic carbocycles. The Hall–Kier alpha value is -0.0000000000000000139. The van der Waals surface area contributed by atoms with Gasteiger partial charge >= 0.3 is 0 Å². The predicted octanol–water partition coefficient (Wildman–Crippen LogP) is -3.95. The monoisotopic (exact) mass is 508 g/mol. The van der Waals surface area contributed by atoms with E-state index in [9.17, 15) is 40.5 Å². The van der Waals surface area contributed by atoms with Gasteiger partial charge in [-0.1, -0.05) is 22.6 Å². The Morgan fingerprint density at radius 2 is 1.41 bits per heavy atom. The van der Waals surface area contributed by atoms with Crippen LogP contribution in [0.2, 0.25) is 0 Å². The van der Waals surface area contributed by atoms with Crippen LogP contribution >= 0.6 is 22.6 Å². The highest BCUT2D eigenvalue weighted by molar-refractivity contribution is 14.1. The first kappa shape index (κ1) is 23.3. The maximum atomic E-state index is 11.6. The van der Waals surface area contributed by atoms with Gasteiger partial charge in [-0.2, -0.15) is 0 Å². The summed E-state index contributed by atoms with van der Waals surface area (Å²) in [5.41, 5.74) is 0. The molecule has 7 N–H and O–H groups in total. The number of hydrogen-bond donors (Lipinski definition) is 7. The minimum atomic E-state index is -1.72. The molecule has 0 amide bonds. The predicted molar refractivity (Wildman–Crippen MR) is 94.9 cm³/mol. The third-order valence-corrected chi connectivity index (χ3v) is 5.53. The van der Waals surface area contributed by atoms with Gasteiger partial charge in [0.1, 0.15) is 54.6 Å². The summed E-state index contributed by atoms with van der Waals surface area (Å²) in [6.45, 7) is -1.29. The van der Waals surface area contributed by atoms with Gasteiger partial charge < -0.3 is 50.0 Å². The standard InChI is InChI=1S/C15H25IO11/c16-2-5(19)1-6-9(20)12(23)14(8(4-18)25-6)27-15-13(24)11(22)10(21)7(3-17)26-15/h6-15,17-18,20-24H,1-4H2/t6-,7?,8?,9?,10-,11-,12+,13?,14-,15-/m0/s1. The second kappa shape index (κ2) is 10.2. The van der Waals surface area contributed by atoms with Crippen LogP contribution < -0.4 is 0 Å². The molecule has 0 aromatic carbocycles. The lowest BCUT2D eigenvalue weighted by atomic mass is 9.92. The highest BCUT2D eigenvalue weighted by atomic mass is 127. The number of alkyl halides is 1. The summed E-state index contributed by atoms with van der Waals surface area (Å²) >= 11 is 1.86. The molecule has 2 aliphatic heterocycles. The van der Waals surface area contributed by atoms with Crippen molar-refractivity contribution in [3.8, 4) is 0 Å². The van der Waals surface area contributed by atoms with E-state index in [4.69, 9.17) is 14.2 Å². The van der Waals surface area contributed by atoms with Gasteiger partial charge in [-0.05, 0) is 0 Å². The van der Waals surface area contributed by atoms with Crippen molar-refractivity contribution in [2.75, 3.05) is 17.6 Å². The maximum Gasteiger partial charge on any atom is 0.187 e. The number of ether oxygens (including phenoxy) is 3. The lowest BCUT2D eigenvalue weighted by molar-refractivity contribution is -0.341. The highest BCUT2D eigenvalue weighted by Crippen LogP contribution is 2.30. The lowest BCUT2D eigenvalue weighted by Crippen LogP contribution is -2.64. The minimum Gasteiger partial charge on any atom is -0.394 e. The van der Waals surface area contributed by atoms with Crippen molar-refractivity contribution in [1.82, 2.24) is 0 Å². The van der Waals surface area contributed by atoms with Crippen LogP contribution in [0.5, 0.6) is 0 Å². The van der Waals surface area contributed by atoms with Crippen molar-refractivity contribution >= 4 is 28.4 Å². The maximum absolute atomic E-state index is 11.6. The molecule has 4 unspecified atom stereocenters. The summed E-state index contributed by atoms with van der Waals surface area (Å²) in [5.74, 6) is -0.211. The molecule has 10 atom stereocenters. The molecule has 12 heteroatoms. The quantitative estimate of drug-likeness (QED) is 0.131. The fourth-order valence-electron chi connectivity index (χ4n) is 3.11. The Bertz CT molecular complexity index is 490. The van der Waals surface area contributed by atoms with Crippen molar-refractivity contribution in [2.24, 2.45) is 0 Å². The second-order valence-corrected chi connectivity index (χ2v) is 7.31. The number of hydrogen-bond acceptors (Lipinski definition) is 11. The highest BCUT2D eigenvalue weighted by Gasteiger charge is 2.50. The molecule has 0 aromatic rings. The van der Waals surface area contributed by atoms with Gasteiger partial charge in [-0.3, -0.25) is 4.79 Å². The molecule has 2 saturated heterocycles. The number of halogens is 1. The van der Waals surface area contributed by atoms with E-state index in [0.717, 1.165) is 0 Å². The number of aliphatic hydroxyl groups excluding tert-OH is 7. The molecule has 27 heavy (non-hydrogen) atoms. The lowest BCUT2D eigenvalue weighted by Gasteiger charge is -2.46. The van der Waals surface area contributed by atoms with Crippen molar-refractivity contribution in [3.05, 3.63) is 0 Å². The van der Waals surface area contributed by atoms with Gasteiger partial charge in [-0.15, -0.1) is 0 Å². The van der Waals surface area contributed by atoms with Gasteiger partial charge in [0.15, 0.2) is 6.29 Å². The van der Waals surface area contributed by atoms with E-state index in [-0.39, 0.29) is 16.6 Å². The molecule has 0 saturated carbocycles. The SMILES string of the molecule is O=C(CI)C[C@@H]1OC(CO)[C@H](O[C@@H]2OC(CO)[C@H](O)[C@H](O)C2O)[C@H](O)C1O. The van der Waals surface area contributed by atoms with Crippen LogP contribution in [0.3, 0.4) is 0 Å². The summed E-state index contributed by atoms with van der Waals surface area (Å²) in [4.78, 5) is 11.6. The van der Waals surface area contributed by atoms with Crippen LogP contribution in [0.4, 0.5) is 0 Å². The Morgan fingerprint density at radius 1 is 0.815 bits per heavy atom. The summed E-state index contributed by atoms with van der Waals surface area (Å²) < 4.78 is 16.3. The molecule has 2 rings (SSSR count). The molecule has 0 spiro atoms. The van der Waals surface area contributed by atoms with Gasteiger partial charge in [0.25, 0.3) is 0 Å². The first-order chi connectivity index (χ1) is 12.7. The number of carbonyl (C=O) groups is 1. The molecule has 2 heterocycles. The molecular weight excluding hydrogens is 483 g/mol. The molecule has 0 bridgehead atoms. The second-order valence-electron chi connectivity index (χ2n) is 6.55. The zero-order valence-corrected chi connectivity index (χ0v) is 16.4. The number of ketones is 1. The normalized spacial score (nSPS) is 45.6. The minimum absolute atomic E-state index is 0.162. The van der Waals surface area contributed by atoms with Gasteiger partial charge in [0.05, 0.1) is 23.7 Å². The number of rotatable bonds is 7. The van der Waals surface area contributed by atoms with Crippen LogP contribution in [0.25, 0.3) is 0 Å². The number of carbonyl (C=O) groups excluding carboxylic acids is 1. The molecular formula is C15H25IO11. The Balaban J connectivity index is 2.11. The Morgan fingerprint density at radius 3 is 1.96 bits per heavy atom. The molecule has 11 nitrogen and oxygen atoms in total. The van der Waals surface area contributed by atoms with E-state index < -0.39 is 74.4 Å². The van der Waals surface area contributed by atoms with E-state index in [0.29, 0.717) is 0 Å². The van der Waals surface area contributed by atoms with Crippen molar-refractivity contribution in [2.45, 2.75) is 67.6 Å². The summed E-state index contributed by atoms with van der Waals surface area (Å²) in [6, 6.07) is 0. The van der Waals surface area contributed by atoms with Crippen molar-refractivity contribution in [1.29, 1.82) is 0 Å². The van der Waals surface area contributed by atoms with E-state index >= 15 is 0 Å². The Kier molecular flexibility index (Phi) is 8.76. The average Bonchev–Trinajstić information content (AvgIpc) is 2.67. The van der Waals surface area contributed by atoms with Gasteiger partial charge in [0, 0.05) is 6.42 Å². The molecule has 2 aliphatic rings. The zero-order valence-electron chi connectivity index (χ0n) is 14.2. The van der Waals surface area contributed by atoms with E-state index in [1.807, 2.05) is 22.6 Å². The fourth-order valence-corrected chi connectivity index (χ4v) is 3.43. The Labute approximate surface area is 168 Å².